The summed E-state index contributed by atoms with van der Waals surface area (Å²) in [6.45, 7) is 3.62. The first-order chi connectivity index (χ1) is 5.15. The molecule has 1 saturated carbocycles. The Morgan fingerprint density at radius 3 is 2.55 bits per heavy atom. The predicted octanol–water partition coefficient (Wildman–Crippen LogP) is 0.611. The SMILES string of the molecule is C=CC1C[C@H](N)[C@H](C(=O)O)C1. The Labute approximate surface area is 65.9 Å². The highest BCUT2D eigenvalue weighted by Gasteiger charge is 2.34. The van der Waals surface area contributed by atoms with Gasteiger partial charge in [-0.3, -0.25) is 4.79 Å². The Kier molecular flexibility index (Phi) is 2.29. The van der Waals surface area contributed by atoms with E-state index in [1.165, 1.54) is 0 Å². The second-order valence-electron chi connectivity index (χ2n) is 3.08. The summed E-state index contributed by atoms with van der Waals surface area (Å²) in [6.07, 6.45) is 3.21. The molecule has 11 heavy (non-hydrogen) atoms. The van der Waals surface area contributed by atoms with Gasteiger partial charge in [-0.05, 0) is 18.8 Å². The lowest BCUT2D eigenvalue weighted by Gasteiger charge is -2.07. The molecule has 3 heteroatoms. The first-order valence-corrected chi connectivity index (χ1v) is 3.76. The highest BCUT2D eigenvalue weighted by molar-refractivity contribution is 5.71. The summed E-state index contributed by atoms with van der Waals surface area (Å²) >= 11 is 0. The number of hydrogen-bond donors (Lipinski definition) is 2. The summed E-state index contributed by atoms with van der Waals surface area (Å²) in [5, 5.41) is 8.68. The van der Waals surface area contributed by atoms with Crippen LogP contribution in [0.4, 0.5) is 0 Å². The fourth-order valence-electron chi connectivity index (χ4n) is 1.59. The van der Waals surface area contributed by atoms with Crippen LogP contribution < -0.4 is 5.73 Å². The molecular formula is C8H13NO2. The minimum atomic E-state index is -0.776. The molecule has 1 aliphatic rings. The Hall–Kier alpha value is -0.830. The first-order valence-electron chi connectivity index (χ1n) is 3.76. The van der Waals surface area contributed by atoms with Crippen molar-refractivity contribution in [3.05, 3.63) is 12.7 Å². The number of carbonyl (C=O) groups is 1. The molecule has 3 atom stereocenters. The molecule has 0 radical (unpaired) electrons. The van der Waals surface area contributed by atoms with Crippen LogP contribution in [0.25, 0.3) is 0 Å². The standard InChI is InChI=1S/C8H13NO2/c1-2-5-3-6(8(10)11)7(9)4-5/h2,5-7H,1,3-4,9H2,(H,10,11)/t5?,6-,7+/m1/s1. The highest BCUT2D eigenvalue weighted by atomic mass is 16.4. The summed E-state index contributed by atoms with van der Waals surface area (Å²) in [4.78, 5) is 10.6. The van der Waals surface area contributed by atoms with Crippen molar-refractivity contribution < 1.29 is 9.90 Å². The normalized spacial score (nSPS) is 37.0. The molecule has 1 fully saturated rings. The minimum Gasteiger partial charge on any atom is -0.481 e. The monoisotopic (exact) mass is 155 g/mol. The zero-order valence-electron chi connectivity index (χ0n) is 6.36. The lowest BCUT2D eigenvalue weighted by molar-refractivity contribution is -0.141. The molecule has 0 aromatic carbocycles. The van der Waals surface area contributed by atoms with E-state index in [0.29, 0.717) is 12.3 Å². The Morgan fingerprint density at radius 2 is 2.27 bits per heavy atom. The van der Waals surface area contributed by atoms with Gasteiger partial charge in [0.15, 0.2) is 0 Å². The van der Waals surface area contributed by atoms with Crippen LogP contribution in [0.5, 0.6) is 0 Å². The largest absolute Gasteiger partial charge is 0.481 e. The number of hydrogen-bond acceptors (Lipinski definition) is 2. The van der Waals surface area contributed by atoms with Gasteiger partial charge in [0.2, 0.25) is 0 Å². The summed E-state index contributed by atoms with van der Waals surface area (Å²) in [6, 6.07) is -0.185. The molecule has 0 bridgehead atoms. The maximum Gasteiger partial charge on any atom is 0.308 e. The van der Waals surface area contributed by atoms with Crippen molar-refractivity contribution in [3.8, 4) is 0 Å². The summed E-state index contributed by atoms with van der Waals surface area (Å²) in [5.41, 5.74) is 5.62. The second kappa shape index (κ2) is 3.05. The van der Waals surface area contributed by atoms with Crippen molar-refractivity contribution in [2.75, 3.05) is 0 Å². The number of aliphatic carboxylic acids is 1. The lowest BCUT2D eigenvalue weighted by Crippen LogP contribution is -2.30. The zero-order valence-corrected chi connectivity index (χ0v) is 6.36. The van der Waals surface area contributed by atoms with E-state index in [-0.39, 0.29) is 12.0 Å². The van der Waals surface area contributed by atoms with Crippen LogP contribution in [0.15, 0.2) is 12.7 Å². The molecule has 0 aromatic heterocycles. The van der Waals surface area contributed by atoms with Crippen molar-refractivity contribution >= 4 is 5.97 Å². The first kappa shape index (κ1) is 8.27. The van der Waals surface area contributed by atoms with Gasteiger partial charge in [-0.1, -0.05) is 6.08 Å². The number of allylic oxidation sites excluding steroid dienone is 1. The van der Waals surface area contributed by atoms with E-state index in [9.17, 15) is 4.79 Å². The van der Waals surface area contributed by atoms with Crippen molar-refractivity contribution in [3.63, 3.8) is 0 Å². The third kappa shape index (κ3) is 1.60. The summed E-state index contributed by atoms with van der Waals surface area (Å²) in [7, 11) is 0. The van der Waals surface area contributed by atoms with E-state index in [1.807, 2.05) is 0 Å². The quantitative estimate of drug-likeness (QED) is 0.574. The van der Waals surface area contributed by atoms with E-state index in [2.05, 4.69) is 6.58 Å². The van der Waals surface area contributed by atoms with Gasteiger partial charge in [0.1, 0.15) is 0 Å². The molecule has 0 aliphatic heterocycles. The molecule has 62 valence electrons. The molecule has 0 amide bonds. The molecule has 1 aliphatic carbocycles. The number of carboxylic acids is 1. The minimum absolute atomic E-state index is 0.185. The molecular weight excluding hydrogens is 142 g/mol. The molecule has 0 saturated heterocycles. The second-order valence-corrected chi connectivity index (χ2v) is 3.08. The van der Waals surface area contributed by atoms with Crippen LogP contribution in [0.2, 0.25) is 0 Å². The van der Waals surface area contributed by atoms with Crippen molar-refractivity contribution in [2.24, 2.45) is 17.6 Å². The van der Waals surface area contributed by atoms with Crippen LogP contribution in [-0.4, -0.2) is 17.1 Å². The van der Waals surface area contributed by atoms with E-state index in [4.69, 9.17) is 10.8 Å². The van der Waals surface area contributed by atoms with Crippen molar-refractivity contribution in [2.45, 2.75) is 18.9 Å². The van der Waals surface area contributed by atoms with Crippen LogP contribution in [0.1, 0.15) is 12.8 Å². The topological polar surface area (TPSA) is 63.3 Å². The Morgan fingerprint density at radius 1 is 1.64 bits per heavy atom. The Balaban J connectivity index is 2.58. The smallest absolute Gasteiger partial charge is 0.308 e. The highest BCUT2D eigenvalue weighted by Crippen LogP contribution is 2.30. The van der Waals surface area contributed by atoms with E-state index < -0.39 is 5.97 Å². The van der Waals surface area contributed by atoms with Gasteiger partial charge in [0.25, 0.3) is 0 Å². The molecule has 1 unspecified atom stereocenters. The Bertz CT molecular complexity index is 179. The molecule has 3 N–H and O–H groups in total. The van der Waals surface area contributed by atoms with Gasteiger partial charge in [0, 0.05) is 6.04 Å². The molecule has 0 aromatic rings. The fourth-order valence-corrected chi connectivity index (χ4v) is 1.59. The summed E-state index contributed by atoms with van der Waals surface area (Å²) < 4.78 is 0. The van der Waals surface area contributed by atoms with E-state index >= 15 is 0 Å². The van der Waals surface area contributed by atoms with Crippen LogP contribution in [0.3, 0.4) is 0 Å². The third-order valence-corrected chi connectivity index (χ3v) is 2.30. The zero-order chi connectivity index (χ0) is 8.43. The fraction of sp³-hybridized carbons (Fsp3) is 0.625. The number of rotatable bonds is 2. The van der Waals surface area contributed by atoms with Gasteiger partial charge in [-0.15, -0.1) is 6.58 Å². The molecule has 0 spiro atoms. The molecule has 3 nitrogen and oxygen atoms in total. The van der Waals surface area contributed by atoms with Gasteiger partial charge in [-0.25, -0.2) is 0 Å². The number of nitrogens with two attached hydrogens (primary N) is 1. The van der Waals surface area contributed by atoms with Gasteiger partial charge in [0.05, 0.1) is 5.92 Å². The molecule has 1 rings (SSSR count). The molecule has 0 heterocycles. The van der Waals surface area contributed by atoms with Crippen LogP contribution >= 0.6 is 0 Å². The maximum atomic E-state index is 10.6. The maximum absolute atomic E-state index is 10.6. The summed E-state index contributed by atoms with van der Waals surface area (Å²) in [5.74, 6) is -0.842. The van der Waals surface area contributed by atoms with Gasteiger partial charge in [-0.2, -0.15) is 0 Å². The van der Waals surface area contributed by atoms with Gasteiger partial charge >= 0.3 is 5.97 Å². The van der Waals surface area contributed by atoms with Gasteiger partial charge < -0.3 is 10.8 Å². The number of carboxylic acid groups (broad SMARTS) is 1. The van der Waals surface area contributed by atoms with Crippen molar-refractivity contribution in [1.82, 2.24) is 0 Å². The van der Waals surface area contributed by atoms with E-state index in [1.54, 1.807) is 6.08 Å². The van der Waals surface area contributed by atoms with Crippen LogP contribution in [-0.2, 0) is 4.79 Å². The predicted molar refractivity (Wildman–Crippen MR) is 42.0 cm³/mol. The van der Waals surface area contributed by atoms with Crippen molar-refractivity contribution in [1.29, 1.82) is 0 Å². The lowest BCUT2D eigenvalue weighted by atomic mass is 10.0. The van der Waals surface area contributed by atoms with E-state index in [0.717, 1.165) is 6.42 Å². The average molecular weight is 155 g/mol. The van der Waals surface area contributed by atoms with Crippen LogP contribution in [0, 0.1) is 11.8 Å². The average Bonchev–Trinajstić information content (AvgIpc) is 2.30. The third-order valence-electron chi connectivity index (χ3n) is 2.30.